The molecule has 1 aromatic carbocycles. The summed E-state index contributed by atoms with van der Waals surface area (Å²) in [6.45, 7) is 1.89. The van der Waals surface area contributed by atoms with Crippen molar-refractivity contribution in [3.63, 3.8) is 0 Å². The van der Waals surface area contributed by atoms with Gasteiger partial charge in [0.05, 0.1) is 26.4 Å². The molecule has 0 amide bonds. The number of carbonyl (C=O) groups excluding carboxylic acids is 2. The first-order valence-corrected chi connectivity index (χ1v) is 6.45. The van der Waals surface area contributed by atoms with Crippen LogP contribution in [0.3, 0.4) is 0 Å². The van der Waals surface area contributed by atoms with Crippen molar-refractivity contribution in [2.24, 2.45) is 5.92 Å². The third-order valence-electron chi connectivity index (χ3n) is 2.90. The van der Waals surface area contributed by atoms with E-state index in [1.807, 2.05) is 30.3 Å². The molecule has 20 heavy (non-hydrogen) atoms. The number of hydrogen-bond acceptors (Lipinski definition) is 5. The molecule has 110 valence electrons. The number of aliphatic hydroxyl groups is 1. The number of hydrogen-bond donors (Lipinski definition) is 1. The van der Waals surface area contributed by atoms with Crippen LogP contribution in [0.4, 0.5) is 0 Å². The molecule has 1 N–H and O–H groups in total. The molecule has 0 heterocycles. The summed E-state index contributed by atoms with van der Waals surface area (Å²) in [4.78, 5) is 22.8. The zero-order valence-electron chi connectivity index (χ0n) is 11.7. The monoisotopic (exact) mass is 280 g/mol. The minimum atomic E-state index is -0.918. The lowest BCUT2D eigenvalue weighted by Gasteiger charge is -2.13. The standard InChI is InChI=1S/C15H20O5/c1-11(15(18)19-2)14(17)8-13(16)10-20-9-12-6-4-3-5-7-12/h3-7,11,13,16H,8-10H2,1-2H3/t11?,13-/m1/s1. The van der Waals surface area contributed by atoms with E-state index in [-0.39, 0.29) is 18.8 Å². The van der Waals surface area contributed by atoms with Crippen LogP contribution in [0.25, 0.3) is 0 Å². The van der Waals surface area contributed by atoms with Gasteiger partial charge in [-0.05, 0) is 12.5 Å². The van der Waals surface area contributed by atoms with Gasteiger partial charge >= 0.3 is 5.97 Å². The van der Waals surface area contributed by atoms with Crippen molar-refractivity contribution >= 4 is 11.8 Å². The molecule has 0 aliphatic heterocycles. The summed E-state index contributed by atoms with van der Waals surface area (Å²) >= 11 is 0. The van der Waals surface area contributed by atoms with Gasteiger partial charge in [0.25, 0.3) is 0 Å². The molecule has 0 spiro atoms. The first-order chi connectivity index (χ1) is 9.54. The third-order valence-corrected chi connectivity index (χ3v) is 2.90. The molecule has 0 aliphatic rings. The summed E-state index contributed by atoms with van der Waals surface area (Å²) in [5.74, 6) is -1.80. The van der Waals surface area contributed by atoms with Gasteiger partial charge in [-0.1, -0.05) is 30.3 Å². The summed E-state index contributed by atoms with van der Waals surface area (Å²) in [6.07, 6.45) is -1.04. The minimum Gasteiger partial charge on any atom is -0.468 e. The van der Waals surface area contributed by atoms with Crippen LogP contribution < -0.4 is 0 Å². The third kappa shape index (κ3) is 5.50. The normalized spacial score (nSPS) is 13.6. The predicted octanol–water partition coefficient (Wildman–Crippen LogP) is 1.33. The van der Waals surface area contributed by atoms with Crippen LogP contribution in [0.5, 0.6) is 0 Å². The summed E-state index contributed by atoms with van der Waals surface area (Å²) in [5.41, 5.74) is 0.994. The van der Waals surface area contributed by atoms with E-state index in [0.29, 0.717) is 6.61 Å². The van der Waals surface area contributed by atoms with Crippen LogP contribution >= 0.6 is 0 Å². The molecule has 1 unspecified atom stereocenters. The van der Waals surface area contributed by atoms with E-state index in [2.05, 4.69) is 4.74 Å². The number of Topliss-reactive ketones (excluding diaryl/α,β-unsaturated/α-hetero) is 1. The number of methoxy groups -OCH3 is 1. The molecule has 5 heteroatoms. The van der Waals surface area contributed by atoms with Gasteiger partial charge in [0.1, 0.15) is 11.7 Å². The molecule has 0 aromatic heterocycles. The van der Waals surface area contributed by atoms with E-state index in [1.165, 1.54) is 14.0 Å². The maximum atomic E-state index is 11.7. The number of esters is 1. The van der Waals surface area contributed by atoms with Gasteiger partial charge in [-0.2, -0.15) is 0 Å². The van der Waals surface area contributed by atoms with Crippen molar-refractivity contribution in [1.29, 1.82) is 0 Å². The van der Waals surface area contributed by atoms with Gasteiger partial charge in [-0.25, -0.2) is 0 Å². The zero-order valence-corrected chi connectivity index (χ0v) is 11.7. The lowest BCUT2D eigenvalue weighted by atomic mass is 10.0. The topological polar surface area (TPSA) is 72.8 Å². The van der Waals surface area contributed by atoms with Gasteiger partial charge in [0, 0.05) is 6.42 Å². The van der Waals surface area contributed by atoms with Crippen molar-refractivity contribution in [3.05, 3.63) is 35.9 Å². The maximum Gasteiger partial charge on any atom is 0.315 e. The van der Waals surface area contributed by atoms with Crippen molar-refractivity contribution in [3.8, 4) is 0 Å². The zero-order chi connectivity index (χ0) is 15.0. The highest BCUT2D eigenvalue weighted by Gasteiger charge is 2.24. The van der Waals surface area contributed by atoms with E-state index in [1.54, 1.807) is 0 Å². The Morgan fingerprint density at radius 2 is 1.90 bits per heavy atom. The molecule has 0 aliphatic carbocycles. The first-order valence-electron chi connectivity index (χ1n) is 6.45. The van der Waals surface area contributed by atoms with E-state index in [0.717, 1.165) is 5.56 Å². The summed E-state index contributed by atoms with van der Waals surface area (Å²) in [6, 6.07) is 9.53. The van der Waals surface area contributed by atoms with Gasteiger partial charge in [0.15, 0.2) is 0 Å². The summed E-state index contributed by atoms with van der Waals surface area (Å²) < 4.78 is 9.81. The predicted molar refractivity (Wildman–Crippen MR) is 72.9 cm³/mol. The second-order valence-corrected chi connectivity index (χ2v) is 4.57. The highest BCUT2D eigenvalue weighted by atomic mass is 16.5. The number of ether oxygens (including phenoxy) is 2. The molecular weight excluding hydrogens is 260 g/mol. The quantitative estimate of drug-likeness (QED) is 0.574. The molecule has 1 aromatic rings. The van der Waals surface area contributed by atoms with Crippen LogP contribution in [0, 0.1) is 5.92 Å². The van der Waals surface area contributed by atoms with E-state index < -0.39 is 18.0 Å². The summed E-state index contributed by atoms with van der Waals surface area (Å²) in [7, 11) is 1.23. The van der Waals surface area contributed by atoms with E-state index in [9.17, 15) is 14.7 Å². The number of ketones is 1. The minimum absolute atomic E-state index is 0.0501. The first kappa shape index (κ1) is 16.3. The van der Waals surface area contributed by atoms with Crippen LogP contribution in [0.2, 0.25) is 0 Å². The molecular formula is C15H20O5. The van der Waals surface area contributed by atoms with Crippen LogP contribution in [-0.4, -0.2) is 36.7 Å². The largest absolute Gasteiger partial charge is 0.468 e. The molecule has 0 bridgehead atoms. The van der Waals surface area contributed by atoms with Crippen LogP contribution in [0.15, 0.2) is 30.3 Å². The molecule has 0 radical (unpaired) electrons. The molecule has 0 fully saturated rings. The fraction of sp³-hybridized carbons (Fsp3) is 0.467. The van der Waals surface area contributed by atoms with Crippen molar-refractivity contribution in [1.82, 2.24) is 0 Å². The molecule has 0 saturated heterocycles. The Kier molecular flexibility index (Phi) is 6.90. The SMILES string of the molecule is COC(=O)C(C)C(=O)C[C@@H](O)COCc1ccccc1. The molecule has 2 atom stereocenters. The Bertz CT molecular complexity index is 429. The van der Waals surface area contributed by atoms with Crippen molar-refractivity contribution in [2.75, 3.05) is 13.7 Å². The maximum absolute atomic E-state index is 11.7. The Morgan fingerprint density at radius 1 is 1.25 bits per heavy atom. The number of rotatable bonds is 8. The van der Waals surface area contributed by atoms with Crippen LogP contribution in [0.1, 0.15) is 18.9 Å². The number of aliphatic hydroxyl groups excluding tert-OH is 1. The van der Waals surface area contributed by atoms with Crippen molar-refractivity contribution < 1.29 is 24.2 Å². The fourth-order valence-corrected chi connectivity index (χ4v) is 1.66. The number of benzene rings is 1. The fourth-order valence-electron chi connectivity index (χ4n) is 1.66. The summed E-state index contributed by atoms with van der Waals surface area (Å²) in [5, 5.41) is 9.70. The lowest BCUT2D eigenvalue weighted by molar-refractivity contribution is -0.149. The van der Waals surface area contributed by atoms with Gasteiger partial charge in [0.2, 0.25) is 0 Å². The Hall–Kier alpha value is -1.72. The van der Waals surface area contributed by atoms with Crippen molar-refractivity contribution in [2.45, 2.75) is 26.1 Å². The highest BCUT2D eigenvalue weighted by molar-refractivity contribution is 5.98. The van der Waals surface area contributed by atoms with E-state index in [4.69, 9.17) is 4.74 Å². The molecule has 0 saturated carbocycles. The Morgan fingerprint density at radius 3 is 2.50 bits per heavy atom. The second-order valence-electron chi connectivity index (χ2n) is 4.57. The number of carbonyl (C=O) groups is 2. The molecule has 5 nitrogen and oxygen atoms in total. The smallest absolute Gasteiger partial charge is 0.315 e. The Labute approximate surface area is 118 Å². The van der Waals surface area contributed by atoms with Gasteiger partial charge in [-0.15, -0.1) is 0 Å². The van der Waals surface area contributed by atoms with Gasteiger partial charge in [-0.3, -0.25) is 9.59 Å². The average Bonchev–Trinajstić information content (AvgIpc) is 2.46. The van der Waals surface area contributed by atoms with Gasteiger partial charge < -0.3 is 14.6 Å². The highest BCUT2D eigenvalue weighted by Crippen LogP contribution is 2.07. The Balaban J connectivity index is 2.28. The second kappa shape index (κ2) is 8.45. The van der Waals surface area contributed by atoms with E-state index >= 15 is 0 Å². The van der Waals surface area contributed by atoms with Crippen LogP contribution in [-0.2, 0) is 25.7 Å². The lowest BCUT2D eigenvalue weighted by Crippen LogP contribution is -2.28. The molecule has 1 rings (SSSR count). The average molecular weight is 280 g/mol.